The highest BCUT2D eigenvalue weighted by Gasteiger charge is 2.32. The number of hydrogen-bond acceptors (Lipinski definition) is 5. The lowest BCUT2D eigenvalue weighted by Crippen LogP contribution is -2.41. The van der Waals surface area contributed by atoms with Gasteiger partial charge >= 0.3 is 0 Å². The number of ether oxygens (including phenoxy) is 1. The molecule has 0 radical (unpaired) electrons. The second kappa shape index (κ2) is 9.41. The summed E-state index contributed by atoms with van der Waals surface area (Å²) in [5.74, 6) is -0.402. The van der Waals surface area contributed by atoms with E-state index >= 15 is 0 Å². The van der Waals surface area contributed by atoms with Gasteiger partial charge in [-0.15, -0.1) is 0 Å². The minimum absolute atomic E-state index is 0.0192. The number of halogens is 1. The number of amides is 1. The molecule has 10 heteroatoms. The summed E-state index contributed by atoms with van der Waals surface area (Å²) in [4.78, 5) is 13.2. The summed E-state index contributed by atoms with van der Waals surface area (Å²) < 4.78 is 36.0. The predicted molar refractivity (Wildman–Crippen MR) is 125 cm³/mol. The Kier molecular flexibility index (Phi) is 7.21. The van der Waals surface area contributed by atoms with Gasteiger partial charge in [-0.25, -0.2) is 8.42 Å². The molecule has 1 atom stereocenters. The van der Waals surface area contributed by atoms with E-state index in [2.05, 4.69) is 15.1 Å². The fourth-order valence-electron chi connectivity index (χ4n) is 3.52. The number of carbonyl (C=O) groups excluding carboxylic acids is 1. The van der Waals surface area contributed by atoms with Gasteiger partial charge in [0.15, 0.2) is 5.69 Å². The van der Waals surface area contributed by atoms with Gasteiger partial charge in [-0.2, -0.15) is 5.10 Å². The highest BCUT2D eigenvalue weighted by Crippen LogP contribution is 2.35. The van der Waals surface area contributed by atoms with Crippen LogP contribution in [-0.4, -0.2) is 43.4 Å². The maximum atomic E-state index is 13.2. The lowest BCUT2D eigenvalue weighted by molar-refractivity contribution is 0.0838. The smallest absolute Gasteiger partial charge is 0.274 e. The van der Waals surface area contributed by atoms with Crippen LogP contribution in [0.15, 0.2) is 29.2 Å². The molecule has 3 rings (SSSR count). The first-order valence-electron chi connectivity index (χ1n) is 10.6. The Morgan fingerprint density at radius 1 is 1.22 bits per heavy atom. The average molecular weight is 483 g/mol. The molecule has 0 bridgehead atoms. The summed E-state index contributed by atoms with van der Waals surface area (Å²) in [5.41, 5.74) is 0.784. The summed E-state index contributed by atoms with van der Waals surface area (Å²) in [7, 11) is -2.23. The molecular weight excluding hydrogens is 452 g/mol. The van der Waals surface area contributed by atoms with Crippen molar-refractivity contribution in [2.24, 2.45) is 12.5 Å². The maximum Gasteiger partial charge on any atom is 0.274 e. The second-order valence-corrected chi connectivity index (χ2v) is 11.4. The Bertz CT molecular complexity index is 1070. The van der Waals surface area contributed by atoms with Crippen molar-refractivity contribution in [3.8, 4) is 0 Å². The van der Waals surface area contributed by atoms with E-state index in [1.165, 1.54) is 24.3 Å². The highest BCUT2D eigenvalue weighted by molar-refractivity contribution is 7.92. The molecule has 1 aliphatic heterocycles. The largest absolute Gasteiger partial charge is 0.381 e. The molecule has 0 saturated carbocycles. The molecule has 1 aromatic heterocycles. The number of aryl methyl sites for hydroxylation is 1. The molecule has 1 fully saturated rings. The summed E-state index contributed by atoms with van der Waals surface area (Å²) in [6.45, 7) is 9.12. The lowest BCUT2D eigenvalue weighted by Gasteiger charge is -2.28. The first-order valence-corrected chi connectivity index (χ1v) is 12.5. The third-order valence-corrected chi connectivity index (χ3v) is 7.54. The van der Waals surface area contributed by atoms with Crippen molar-refractivity contribution >= 4 is 33.2 Å². The Hall–Kier alpha value is -2.10. The molecule has 0 aliphatic carbocycles. The van der Waals surface area contributed by atoms with Crippen LogP contribution in [0, 0.1) is 5.41 Å². The van der Waals surface area contributed by atoms with Crippen molar-refractivity contribution in [3.63, 3.8) is 0 Å². The van der Waals surface area contributed by atoms with Gasteiger partial charge in [0.05, 0.1) is 10.6 Å². The first kappa shape index (κ1) is 24.5. The molecule has 1 amide bonds. The third kappa shape index (κ3) is 5.44. The van der Waals surface area contributed by atoms with E-state index in [1.807, 2.05) is 27.7 Å². The highest BCUT2D eigenvalue weighted by atomic mass is 35.5. The molecule has 32 heavy (non-hydrogen) atoms. The Morgan fingerprint density at radius 3 is 2.38 bits per heavy atom. The molecule has 0 unspecified atom stereocenters. The van der Waals surface area contributed by atoms with Gasteiger partial charge in [0.2, 0.25) is 0 Å². The zero-order valence-corrected chi connectivity index (χ0v) is 20.7. The molecule has 8 nitrogen and oxygen atoms in total. The third-order valence-electron chi connectivity index (χ3n) is 5.92. The van der Waals surface area contributed by atoms with Crippen LogP contribution < -0.4 is 10.0 Å². The molecule has 176 valence electrons. The summed E-state index contributed by atoms with van der Waals surface area (Å²) in [6, 6.07) is 5.73. The number of rotatable bonds is 6. The zero-order valence-electron chi connectivity index (χ0n) is 19.1. The van der Waals surface area contributed by atoms with Crippen molar-refractivity contribution in [2.45, 2.75) is 57.4 Å². The van der Waals surface area contributed by atoms with Crippen LogP contribution in [0.1, 0.15) is 62.6 Å². The Labute approximate surface area is 194 Å². The molecule has 0 spiro atoms. The van der Waals surface area contributed by atoms with Crippen LogP contribution in [-0.2, 0) is 21.8 Å². The first-order chi connectivity index (χ1) is 14.9. The van der Waals surface area contributed by atoms with Gasteiger partial charge in [-0.05, 0) is 49.4 Å². The quantitative estimate of drug-likeness (QED) is 0.649. The lowest BCUT2D eigenvalue weighted by atomic mass is 9.88. The number of carbonyl (C=O) groups is 1. The second-order valence-electron chi connectivity index (χ2n) is 9.24. The van der Waals surface area contributed by atoms with Gasteiger partial charge in [-0.3, -0.25) is 14.2 Å². The zero-order chi connectivity index (χ0) is 23.7. The van der Waals surface area contributed by atoms with E-state index in [4.69, 9.17) is 16.3 Å². The predicted octanol–water partition coefficient (Wildman–Crippen LogP) is 3.93. The summed E-state index contributed by atoms with van der Waals surface area (Å²) in [6.07, 6.45) is 1.43. The Morgan fingerprint density at radius 2 is 1.81 bits per heavy atom. The molecule has 2 N–H and O–H groups in total. The van der Waals surface area contributed by atoms with Gasteiger partial charge in [0.25, 0.3) is 15.9 Å². The van der Waals surface area contributed by atoms with Crippen molar-refractivity contribution in [2.75, 3.05) is 17.9 Å². The van der Waals surface area contributed by atoms with Gasteiger partial charge in [0.1, 0.15) is 5.69 Å². The fourth-order valence-corrected chi connectivity index (χ4v) is 4.73. The van der Waals surface area contributed by atoms with Crippen LogP contribution in [0.4, 0.5) is 5.69 Å². The van der Waals surface area contributed by atoms with Gasteiger partial charge in [0, 0.05) is 37.2 Å². The minimum Gasteiger partial charge on any atom is -0.381 e. The van der Waals surface area contributed by atoms with Crippen LogP contribution in [0.25, 0.3) is 0 Å². The molecular formula is C22H31ClN4O4S. The standard InChI is InChI=1S/C22H31ClN4O4S/c1-14(22(2,3)4)24-21(28)19-18(20(27(5)25-19)15-10-12-31-13-11-15)26-32(29,30)17-8-6-16(23)7-9-17/h6-9,14-15,26H,10-13H2,1-5H3,(H,24,28)/t14-/m0/s1. The number of nitrogens with one attached hydrogen (secondary N) is 2. The summed E-state index contributed by atoms with van der Waals surface area (Å²) in [5, 5.41) is 7.82. The van der Waals surface area contributed by atoms with Crippen LogP contribution in [0.5, 0.6) is 0 Å². The normalized spacial score (nSPS) is 16.6. The summed E-state index contributed by atoms with van der Waals surface area (Å²) >= 11 is 5.91. The number of aromatic nitrogens is 2. The van der Waals surface area contributed by atoms with Gasteiger partial charge < -0.3 is 10.1 Å². The number of benzene rings is 1. The Balaban J connectivity index is 2.04. The monoisotopic (exact) mass is 482 g/mol. The molecule has 2 aromatic rings. The molecule has 1 saturated heterocycles. The number of anilines is 1. The van der Waals surface area contributed by atoms with Gasteiger partial charge in [-0.1, -0.05) is 32.4 Å². The molecule has 1 aromatic carbocycles. The van der Waals surface area contributed by atoms with Crippen molar-refractivity contribution < 1.29 is 17.9 Å². The average Bonchev–Trinajstić information content (AvgIpc) is 3.03. The van der Waals surface area contributed by atoms with Crippen LogP contribution in [0.3, 0.4) is 0 Å². The minimum atomic E-state index is -3.96. The SMILES string of the molecule is C[C@H](NC(=O)c1nn(C)c(C2CCOCC2)c1NS(=O)(=O)c1ccc(Cl)cc1)C(C)(C)C. The maximum absolute atomic E-state index is 13.2. The van der Waals surface area contributed by atoms with E-state index in [0.29, 0.717) is 36.8 Å². The van der Waals surface area contributed by atoms with Crippen LogP contribution in [0.2, 0.25) is 5.02 Å². The van der Waals surface area contributed by atoms with Crippen molar-refractivity contribution in [3.05, 3.63) is 40.7 Å². The van der Waals surface area contributed by atoms with Crippen molar-refractivity contribution in [1.82, 2.24) is 15.1 Å². The molecule has 2 heterocycles. The number of nitrogens with zero attached hydrogens (tertiary/aromatic N) is 2. The van der Waals surface area contributed by atoms with E-state index < -0.39 is 15.9 Å². The van der Waals surface area contributed by atoms with Crippen molar-refractivity contribution in [1.29, 1.82) is 0 Å². The number of hydrogen-bond donors (Lipinski definition) is 2. The van der Waals surface area contributed by atoms with E-state index in [1.54, 1.807) is 11.7 Å². The fraction of sp³-hybridized carbons (Fsp3) is 0.545. The topological polar surface area (TPSA) is 102 Å². The number of sulfonamides is 1. The van der Waals surface area contributed by atoms with E-state index in [-0.39, 0.29) is 33.7 Å². The molecule has 1 aliphatic rings. The van der Waals surface area contributed by atoms with E-state index in [9.17, 15) is 13.2 Å². The van der Waals surface area contributed by atoms with E-state index in [0.717, 1.165) is 0 Å². The van der Waals surface area contributed by atoms with Crippen LogP contribution >= 0.6 is 11.6 Å².